The van der Waals surface area contributed by atoms with Crippen molar-refractivity contribution in [3.05, 3.63) is 42.4 Å². The van der Waals surface area contributed by atoms with Crippen LogP contribution in [0, 0.1) is 11.3 Å². The summed E-state index contributed by atoms with van der Waals surface area (Å²) in [5.41, 5.74) is 6.49. The summed E-state index contributed by atoms with van der Waals surface area (Å²) in [6.45, 7) is 0. The first-order valence-electron chi connectivity index (χ1n) is 4.53. The van der Waals surface area contributed by atoms with E-state index in [9.17, 15) is 0 Å². The van der Waals surface area contributed by atoms with Crippen molar-refractivity contribution in [2.75, 3.05) is 5.73 Å². The normalized spacial score (nSPS) is 9.44. The van der Waals surface area contributed by atoms with Crippen LogP contribution in [0.4, 0.5) is 5.69 Å². The Morgan fingerprint density at radius 3 is 3.00 bits per heavy atom. The van der Waals surface area contributed by atoms with E-state index in [0.717, 1.165) is 0 Å². The van der Waals surface area contributed by atoms with Crippen molar-refractivity contribution >= 4 is 5.69 Å². The Balaban J connectivity index is 2.28. The van der Waals surface area contributed by atoms with Gasteiger partial charge in [-0.2, -0.15) is 10.2 Å². The summed E-state index contributed by atoms with van der Waals surface area (Å²) in [5, 5.41) is 8.73. The maximum atomic E-state index is 8.73. The number of anilines is 1. The van der Waals surface area contributed by atoms with Gasteiger partial charge in [0, 0.05) is 0 Å². The maximum Gasteiger partial charge on any atom is 0.245 e. The SMILES string of the molecule is N#Cc1cccc(Oc2ncncc2N)c1. The van der Waals surface area contributed by atoms with Crippen molar-refractivity contribution < 1.29 is 4.74 Å². The first-order valence-corrected chi connectivity index (χ1v) is 4.53. The first kappa shape index (κ1) is 9.93. The number of hydrogen-bond donors (Lipinski definition) is 1. The molecule has 78 valence electrons. The molecule has 16 heavy (non-hydrogen) atoms. The number of ether oxygens (including phenoxy) is 1. The molecular weight excluding hydrogens is 204 g/mol. The fraction of sp³-hybridized carbons (Fsp3) is 0. The van der Waals surface area contributed by atoms with Crippen LogP contribution in [0.2, 0.25) is 0 Å². The average molecular weight is 212 g/mol. The highest BCUT2D eigenvalue weighted by atomic mass is 16.5. The molecule has 1 aromatic heterocycles. The van der Waals surface area contributed by atoms with Gasteiger partial charge in [-0.15, -0.1) is 0 Å². The van der Waals surface area contributed by atoms with E-state index < -0.39 is 0 Å². The standard InChI is InChI=1S/C11H8N4O/c12-5-8-2-1-3-9(4-8)16-11-10(13)6-14-7-15-11/h1-4,6-7H,13H2. The van der Waals surface area contributed by atoms with Gasteiger partial charge < -0.3 is 10.5 Å². The quantitative estimate of drug-likeness (QED) is 0.819. The summed E-state index contributed by atoms with van der Waals surface area (Å²) in [5.74, 6) is 0.800. The Kier molecular flexibility index (Phi) is 2.65. The zero-order valence-corrected chi connectivity index (χ0v) is 8.29. The van der Waals surface area contributed by atoms with E-state index in [-0.39, 0.29) is 5.88 Å². The average Bonchev–Trinajstić information content (AvgIpc) is 2.32. The fourth-order valence-electron chi connectivity index (χ4n) is 1.16. The van der Waals surface area contributed by atoms with Gasteiger partial charge in [-0.25, -0.2) is 4.98 Å². The van der Waals surface area contributed by atoms with Gasteiger partial charge in [-0.05, 0) is 18.2 Å². The lowest BCUT2D eigenvalue weighted by atomic mass is 10.2. The van der Waals surface area contributed by atoms with Crippen molar-refractivity contribution in [3.8, 4) is 17.7 Å². The second-order valence-electron chi connectivity index (χ2n) is 3.02. The van der Waals surface area contributed by atoms with Crippen LogP contribution in [-0.4, -0.2) is 9.97 Å². The molecule has 2 N–H and O–H groups in total. The van der Waals surface area contributed by atoms with E-state index in [1.54, 1.807) is 24.3 Å². The Labute approximate surface area is 92.1 Å². The number of aromatic nitrogens is 2. The Bertz CT molecular complexity index is 548. The van der Waals surface area contributed by atoms with Gasteiger partial charge in [-0.1, -0.05) is 6.07 Å². The third-order valence-corrected chi connectivity index (χ3v) is 1.88. The van der Waals surface area contributed by atoms with Crippen LogP contribution in [0.5, 0.6) is 11.6 Å². The van der Waals surface area contributed by atoms with Crippen LogP contribution in [-0.2, 0) is 0 Å². The summed E-state index contributed by atoms with van der Waals surface area (Å²) in [4.78, 5) is 7.64. The lowest BCUT2D eigenvalue weighted by Crippen LogP contribution is -1.95. The van der Waals surface area contributed by atoms with E-state index in [0.29, 0.717) is 17.0 Å². The highest BCUT2D eigenvalue weighted by molar-refractivity contribution is 5.47. The third kappa shape index (κ3) is 2.07. The summed E-state index contributed by atoms with van der Waals surface area (Å²) >= 11 is 0. The molecule has 0 spiro atoms. The molecule has 0 bridgehead atoms. The van der Waals surface area contributed by atoms with Crippen LogP contribution in [0.3, 0.4) is 0 Å². The highest BCUT2D eigenvalue weighted by Gasteiger charge is 2.03. The Hall–Kier alpha value is -2.61. The molecule has 2 aromatic rings. The Morgan fingerprint density at radius 1 is 1.38 bits per heavy atom. The second kappa shape index (κ2) is 4.28. The molecular formula is C11H8N4O. The van der Waals surface area contributed by atoms with Crippen molar-refractivity contribution in [3.63, 3.8) is 0 Å². The summed E-state index contributed by atoms with van der Waals surface area (Å²) < 4.78 is 5.42. The van der Waals surface area contributed by atoms with E-state index in [1.807, 2.05) is 6.07 Å². The molecule has 0 fully saturated rings. The molecule has 1 heterocycles. The van der Waals surface area contributed by atoms with E-state index in [2.05, 4.69) is 9.97 Å². The molecule has 0 saturated carbocycles. The molecule has 2 rings (SSSR count). The molecule has 0 amide bonds. The topological polar surface area (TPSA) is 84.8 Å². The van der Waals surface area contributed by atoms with Gasteiger partial charge in [0.05, 0.1) is 17.8 Å². The summed E-state index contributed by atoms with van der Waals surface area (Å²) in [6, 6.07) is 8.78. The van der Waals surface area contributed by atoms with E-state index >= 15 is 0 Å². The minimum absolute atomic E-state index is 0.282. The highest BCUT2D eigenvalue weighted by Crippen LogP contribution is 2.23. The number of nitrogens with two attached hydrogens (primary N) is 1. The first-order chi connectivity index (χ1) is 7.79. The molecule has 0 saturated heterocycles. The van der Waals surface area contributed by atoms with Crippen LogP contribution in [0.15, 0.2) is 36.8 Å². The molecule has 5 heteroatoms. The van der Waals surface area contributed by atoms with Gasteiger partial charge in [-0.3, -0.25) is 0 Å². The number of rotatable bonds is 2. The van der Waals surface area contributed by atoms with Crippen molar-refractivity contribution in [1.29, 1.82) is 5.26 Å². The van der Waals surface area contributed by atoms with Crippen LogP contribution in [0.1, 0.15) is 5.56 Å². The molecule has 0 aliphatic heterocycles. The predicted molar refractivity (Wildman–Crippen MR) is 57.7 cm³/mol. The number of benzene rings is 1. The number of hydrogen-bond acceptors (Lipinski definition) is 5. The molecule has 0 radical (unpaired) electrons. The Morgan fingerprint density at radius 2 is 2.25 bits per heavy atom. The largest absolute Gasteiger partial charge is 0.437 e. The van der Waals surface area contributed by atoms with Crippen LogP contribution < -0.4 is 10.5 Å². The van der Waals surface area contributed by atoms with E-state index in [4.69, 9.17) is 15.7 Å². The lowest BCUT2D eigenvalue weighted by Gasteiger charge is -2.05. The fourth-order valence-corrected chi connectivity index (χ4v) is 1.16. The molecule has 0 atom stereocenters. The van der Waals surface area contributed by atoms with Gasteiger partial charge in [0.2, 0.25) is 5.88 Å². The molecule has 5 nitrogen and oxygen atoms in total. The van der Waals surface area contributed by atoms with Crippen molar-refractivity contribution in [1.82, 2.24) is 9.97 Å². The van der Waals surface area contributed by atoms with Crippen molar-refractivity contribution in [2.45, 2.75) is 0 Å². The summed E-state index contributed by atoms with van der Waals surface area (Å²) in [6.07, 6.45) is 2.80. The number of nitrogen functional groups attached to an aromatic ring is 1. The zero-order valence-electron chi connectivity index (χ0n) is 8.29. The predicted octanol–water partition coefficient (Wildman–Crippen LogP) is 1.72. The maximum absolute atomic E-state index is 8.73. The van der Waals surface area contributed by atoms with Crippen LogP contribution >= 0.6 is 0 Å². The minimum Gasteiger partial charge on any atom is -0.437 e. The van der Waals surface area contributed by atoms with Gasteiger partial charge >= 0.3 is 0 Å². The van der Waals surface area contributed by atoms with E-state index in [1.165, 1.54) is 12.5 Å². The number of nitriles is 1. The second-order valence-corrected chi connectivity index (χ2v) is 3.02. The zero-order chi connectivity index (χ0) is 11.4. The van der Waals surface area contributed by atoms with Gasteiger partial charge in [0.25, 0.3) is 0 Å². The molecule has 0 aliphatic carbocycles. The van der Waals surface area contributed by atoms with Crippen molar-refractivity contribution in [2.24, 2.45) is 0 Å². The minimum atomic E-state index is 0.282. The molecule has 0 aliphatic rings. The molecule has 0 unspecified atom stereocenters. The monoisotopic (exact) mass is 212 g/mol. The van der Waals surface area contributed by atoms with Gasteiger partial charge in [0.1, 0.15) is 17.8 Å². The molecule has 1 aromatic carbocycles. The number of nitrogens with zero attached hydrogens (tertiary/aromatic N) is 3. The smallest absolute Gasteiger partial charge is 0.245 e. The lowest BCUT2D eigenvalue weighted by molar-refractivity contribution is 0.464. The summed E-state index contributed by atoms with van der Waals surface area (Å²) in [7, 11) is 0. The van der Waals surface area contributed by atoms with Gasteiger partial charge in [0.15, 0.2) is 0 Å². The third-order valence-electron chi connectivity index (χ3n) is 1.88. The van der Waals surface area contributed by atoms with Crippen LogP contribution in [0.25, 0.3) is 0 Å².